The molecule has 0 bridgehead atoms. The second-order valence-electron chi connectivity index (χ2n) is 25.7. The summed E-state index contributed by atoms with van der Waals surface area (Å²) < 4.78 is 8.68. The quantitative estimate of drug-likeness (QED) is 0.163. The number of aromatic nitrogens is 10. The van der Waals surface area contributed by atoms with Gasteiger partial charge in [-0.15, -0.1) is 34.0 Å². The van der Waals surface area contributed by atoms with Crippen molar-refractivity contribution in [2.45, 2.75) is 67.7 Å². The first-order valence-electron chi connectivity index (χ1n) is 31.4. The summed E-state index contributed by atoms with van der Waals surface area (Å²) in [5.74, 6) is 0. The molecule has 0 saturated heterocycles. The lowest BCUT2D eigenvalue weighted by atomic mass is 9.80. The largest absolute Gasteiger partial charge is 0.243 e. The molecule has 0 unspecified atom stereocenters. The summed E-state index contributed by atoms with van der Waals surface area (Å²) in [4.78, 5) is 28.3. The van der Waals surface area contributed by atoms with E-state index in [9.17, 15) is 0 Å². The number of hydrogen-bond donors (Lipinski definition) is 0. The molecule has 17 rings (SSSR count). The van der Waals surface area contributed by atoms with E-state index in [-0.39, 0.29) is 5.41 Å². The Kier molecular flexibility index (Phi) is 16.4. The van der Waals surface area contributed by atoms with Crippen LogP contribution in [0, 0.1) is 41.5 Å². The Morgan fingerprint density at radius 3 is 1.13 bits per heavy atom. The summed E-state index contributed by atoms with van der Waals surface area (Å²) >= 11 is 6.69. The van der Waals surface area contributed by atoms with E-state index >= 15 is 0 Å². The van der Waals surface area contributed by atoms with Crippen molar-refractivity contribution in [3.63, 3.8) is 0 Å². The molecule has 0 N–H and O–H groups in total. The molecule has 462 valence electrons. The van der Waals surface area contributed by atoms with Gasteiger partial charge in [-0.05, 0) is 154 Å². The highest BCUT2D eigenvalue weighted by molar-refractivity contribution is 7.10. The highest BCUT2D eigenvalue weighted by Crippen LogP contribution is 2.39. The third-order valence-corrected chi connectivity index (χ3v) is 21.0. The molecule has 11 heterocycles. The van der Waals surface area contributed by atoms with Gasteiger partial charge in [-0.2, -0.15) is 25.0 Å². The number of nitrogens with zero attached hydrogens (tertiary/aromatic N) is 10. The standard InChI is InChI=1S/C27H26NS.C19H18N3S.2C17H14N3S/c1-17-22-8-6-7-9-23(22)25(27(2,3)4)13-24(17)26-12-18-10-20-15-29-16-21(20)11-19(18)14-28(26)5;1-11-5-12(2)13(3)14(6-11)19-7-15-16(8-22(19)4)21-18-10-23-9-17(18)20-15;2*1-11-5-3-4-6-12(11)17-7-13-14(8-20(17)2)19-16-10-21-9-15(16)18-13/h6-16H,1-5H3;5-10H,1-4H3;2*3-10H,1-2H3/q4*+1. The van der Waals surface area contributed by atoms with E-state index in [2.05, 4.69) is 287 Å². The van der Waals surface area contributed by atoms with Crippen molar-refractivity contribution in [2.24, 2.45) is 28.2 Å². The third-order valence-electron chi connectivity index (χ3n) is 18.0. The molecule has 0 aliphatic rings. The van der Waals surface area contributed by atoms with Gasteiger partial charge >= 0.3 is 0 Å². The first-order valence-corrected chi connectivity index (χ1v) is 35.2. The van der Waals surface area contributed by atoms with Gasteiger partial charge in [-0.3, -0.25) is 0 Å². The van der Waals surface area contributed by atoms with Gasteiger partial charge in [0.05, 0.1) is 0 Å². The van der Waals surface area contributed by atoms with Crippen LogP contribution in [-0.2, 0) is 33.6 Å². The van der Waals surface area contributed by atoms with Crippen LogP contribution >= 0.6 is 45.3 Å². The van der Waals surface area contributed by atoms with Gasteiger partial charge in [0.2, 0.25) is 22.8 Å². The molecular formula is C80H72N10S4+4. The maximum Gasteiger partial charge on any atom is 0.214 e. The fourth-order valence-corrected chi connectivity index (χ4v) is 15.6. The van der Waals surface area contributed by atoms with Gasteiger partial charge in [-0.25, -0.2) is 34.5 Å². The number of pyridine rings is 4. The summed E-state index contributed by atoms with van der Waals surface area (Å²) in [5.41, 5.74) is 30.5. The van der Waals surface area contributed by atoms with E-state index in [1.54, 1.807) is 45.3 Å². The van der Waals surface area contributed by atoms with E-state index < -0.39 is 0 Å². The van der Waals surface area contributed by atoms with Crippen LogP contribution in [0.15, 0.2) is 195 Å². The molecule has 11 aromatic heterocycles. The van der Waals surface area contributed by atoms with E-state index in [0.717, 1.165) is 77.6 Å². The van der Waals surface area contributed by atoms with E-state index in [1.165, 1.54) is 105 Å². The van der Waals surface area contributed by atoms with Crippen LogP contribution in [0.4, 0.5) is 0 Å². The molecule has 0 spiro atoms. The number of benzene rings is 6. The summed E-state index contributed by atoms with van der Waals surface area (Å²) in [5, 5.41) is 24.7. The second-order valence-corrected chi connectivity index (χ2v) is 28.7. The Morgan fingerprint density at radius 1 is 0.298 bits per heavy atom. The molecule has 0 amide bonds. The van der Waals surface area contributed by atoms with E-state index in [4.69, 9.17) is 19.9 Å². The maximum absolute atomic E-state index is 4.77. The molecule has 6 aromatic carbocycles. The van der Waals surface area contributed by atoms with E-state index in [1.807, 2.05) is 26.9 Å². The van der Waals surface area contributed by atoms with Crippen molar-refractivity contribution in [1.82, 2.24) is 29.9 Å². The van der Waals surface area contributed by atoms with Crippen LogP contribution in [0.3, 0.4) is 0 Å². The van der Waals surface area contributed by atoms with Crippen LogP contribution in [-0.4, -0.2) is 29.9 Å². The molecule has 10 nitrogen and oxygen atoms in total. The van der Waals surface area contributed by atoms with Crippen molar-refractivity contribution in [2.75, 3.05) is 0 Å². The van der Waals surface area contributed by atoms with Crippen LogP contribution in [0.5, 0.6) is 0 Å². The Hall–Kier alpha value is -9.70. The van der Waals surface area contributed by atoms with E-state index in [0.29, 0.717) is 0 Å². The second kappa shape index (κ2) is 25.0. The smallest absolute Gasteiger partial charge is 0.214 e. The molecular weight excluding hydrogens is 1230 g/mol. The molecule has 94 heavy (non-hydrogen) atoms. The predicted molar refractivity (Wildman–Crippen MR) is 395 cm³/mol. The lowest BCUT2D eigenvalue weighted by Crippen LogP contribution is -2.31. The molecule has 0 radical (unpaired) electrons. The number of fused-ring (bicyclic) bond motifs is 9. The SMILES string of the molecule is Cc1c(-c2cc3cc4cscc4cc3c[n+]2C)cc(C(C)(C)C)c2ccccc12.Cc1cc(C)c(C)c(-c2cc3nc4cscc4nc3c[n+]2C)c1.Cc1ccccc1-c1cc2nc3cscc3nc2c[n+]1C.Cc1ccccc1-c1cc2nc3cscc3nc2c[n+]1C. The monoisotopic (exact) mass is 1300 g/mol. The van der Waals surface area contributed by atoms with Crippen molar-refractivity contribution < 1.29 is 18.3 Å². The number of aryl methyl sites for hydroxylation is 9. The highest BCUT2D eigenvalue weighted by Gasteiger charge is 2.25. The Bertz CT molecular complexity index is 5670. The molecule has 0 aliphatic carbocycles. The topological polar surface area (TPSA) is 92.9 Å². The number of thiophene rings is 4. The first-order chi connectivity index (χ1) is 45.3. The highest BCUT2D eigenvalue weighted by atomic mass is 32.1. The summed E-state index contributed by atoms with van der Waals surface area (Å²) in [7, 11) is 8.35. The average Bonchev–Trinajstić information content (AvgIpc) is 1.15. The fourth-order valence-electron chi connectivity index (χ4n) is 12.9. The van der Waals surface area contributed by atoms with Crippen molar-refractivity contribution in [1.29, 1.82) is 0 Å². The van der Waals surface area contributed by atoms with Gasteiger partial charge in [0.25, 0.3) is 0 Å². The zero-order valence-corrected chi connectivity index (χ0v) is 58.4. The minimum atomic E-state index is 0.0836. The Labute approximate surface area is 563 Å². The molecule has 0 saturated carbocycles. The third kappa shape index (κ3) is 12.0. The molecule has 0 fully saturated rings. The maximum atomic E-state index is 4.77. The number of rotatable bonds is 4. The van der Waals surface area contributed by atoms with Gasteiger partial charge in [0, 0.05) is 84.2 Å². The van der Waals surface area contributed by atoms with Crippen LogP contribution in [0.25, 0.3) is 144 Å². The first kappa shape index (κ1) is 61.8. The van der Waals surface area contributed by atoms with Gasteiger partial charge in [0.1, 0.15) is 77.8 Å². The summed E-state index contributed by atoms with van der Waals surface area (Å²) in [6.45, 7) is 19.9. The Balaban J connectivity index is 0.000000109. The summed E-state index contributed by atoms with van der Waals surface area (Å²) in [6, 6.07) is 45.9. The van der Waals surface area contributed by atoms with Crippen molar-refractivity contribution in [3.8, 4) is 45.0 Å². The Morgan fingerprint density at radius 2 is 0.670 bits per heavy atom. The van der Waals surface area contributed by atoms with Crippen LogP contribution < -0.4 is 18.3 Å². The zero-order valence-electron chi connectivity index (χ0n) is 55.2. The minimum Gasteiger partial charge on any atom is -0.243 e. The molecule has 0 atom stereocenters. The predicted octanol–water partition coefficient (Wildman–Crippen LogP) is 18.9. The van der Waals surface area contributed by atoms with Gasteiger partial charge in [0.15, 0.2) is 41.3 Å². The van der Waals surface area contributed by atoms with Crippen molar-refractivity contribution in [3.05, 3.63) is 234 Å². The zero-order chi connectivity index (χ0) is 65.3. The number of hydrogen-bond acceptors (Lipinski definition) is 10. The molecule has 0 aliphatic heterocycles. The normalized spacial score (nSPS) is 11.7. The summed E-state index contributed by atoms with van der Waals surface area (Å²) in [6.07, 6.45) is 8.46. The average molecular weight is 1300 g/mol. The minimum absolute atomic E-state index is 0.0836. The van der Waals surface area contributed by atoms with Crippen molar-refractivity contribution >= 4 is 144 Å². The lowest BCUT2D eigenvalue weighted by Gasteiger charge is -2.24. The lowest BCUT2D eigenvalue weighted by molar-refractivity contribution is -0.659. The van der Waals surface area contributed by atoms with Crippen LogP contribution in [0.1, 0.15) is 59.7 Å². The fraction of sp³-hybridized carbons (Fsp3) is 0.175. The van der Waals surface area contributed by atoms with Gasteiger partial charge < -0.3 is 0 Å². The molecule has 17 aromatic rings. The van der Waals surface area contributed by atoms with Crippen LogP contribution in [0.2, 0.25) is 0 Å². The molecule has 14 heteroatoms. The van der Waals surface area contributed by atoms with Gasteiger partial charge in [-0.1, -0.05) is 93.1 Å².